The highest BCUT2D eigenvalue weighted by Crippen LogP contribution is 2.27. The Balaban J connectivity index is 1.97. The van der Waals surface area contributed by atoms with Crippen LogP contribution in [0, 0.1) is 0 Å². The van der Waals surface area contributed by atoms with Crippen LogP contribution in [-0.2, 0) is 21.4 Å². The van der Waals surface area contributed by atoms with Crippen LogP contribution in [0.4, 0.5) is 0 Å². The van der Waals surface area contributed by atoms with Crippen molar-refractivity contribution < 1.29 is 17.9 Å². The lowest BCUT2D eigenvalue weighted by Crippen LogP contribution is -2.44. The molecule has 0 spiro atoms. The third-order valence-electron chi connectivity index (χ3n) is 3.09. The quantitative estimate of drug-likeness (QED) is 0.768. The smallest absolute Gasteiger partial charge is 0.238 e. The highest BCUT2D eigenvalue weighted by atomic mass is 32.2. The van der Waals surface area contributed by atoms with Gasteiger partial charge in [-0.15, -0.1) is 11.3 Å². The number of nitrogens with zero attached hydrogens (tertiary/aromatic N) is 1. The number of carbonyl (C=O) groups excluding carboxylic acids is 1. The van der Waals surface area contributed by atoms with E-state index in [-0.39, 0.29) is 6.54 Å². The second-order valence-corrected chi connectivity index (χ2v) is 8.09. The molecule has 1 unspecified atom stereocenters. The molecular weight excluding hydrogens is 350 g/mol. The number of hydrogen-bond acceptors (Lipinski definition) is 6. The van der Waals surface area contributed by atoms with Crippen LogP contribution in [0.3, 0.4) is 0 Å². The summed E-state index contributed by atoms with van der Waals surface area (Å²) in [6.07, 6.45) is 2.70. The summed E-state index contributed by atoms with van der Waals surface area (Å²) in [5.41, 5.74) is 0.934. The minimum absolute atomic E-state index is 0.288. The monoisotopic (exact) mass is 369 g/mol. The van der Waals surface area contributed by atoms with Crippen molar-refractivity contribution in [2.75, 3.05) is 13.4 Å². The van der Waals surface area contributed by atoms with Crippen LogP contribution in [0.1, 0.15) is 11.8 Å². The second kappa shape index (κ2) is 7.73. The van der Waals surface area contributed by atoms with Gasteiger partial charge in [-0.1, -0.05) is 12.1 Å². The van der Waals surface area contributed by atoms with Gasteiger partial charge < -0.3 is 10.1 Å². The molecule has 0 saturated heterocycles. The minimum atomic E-state index is -3.42. The molecule has 2 aromatic rings. The summed E-state index contributed by atoms with van der Waals surface area (Å²) >= 11 is 1.45. The zero-order valence-electron chi connectivity index (χ0n) is 13.6. The molecule has 1 amide bonds. The molecule has 2 rings (SSSR count). The van der Waals surface area contributed by atoms with E-state index in [1.54, 1.807) is 13.3 Å². The van der Waals surface area contributed by atoms with Gasteiger partial charge in [-0.05, 0) is 19.1 Å². The SMILES string of the molecule is COc1cccc(-c2ncc(CNC(=O)C(C)NS(C)(=O)=O)s2)c1. The normalized spacial score (nSPS) is 12.6. The molecule has 1 aromatic heterocycles. The third kappa shape index (κ3) is 5.29. The molecule has 0 saturated carbocycles. The van der Waals surface area contributed by atoms with Gasteiger partial charge in [0.05, 0.1) is 26.0 Å². The van der Waals surface area contributed by atoms with Gasteiger partial charge in [-0.2, -0.15) is 0 Å². The van der Waals surface area contributed by atoms with Crippen molar-refractivity contribution >= 4 is 27.3 Å². The topological polar surface area (TPSA) is 97.4 Å². The number of benzene rings is 1. The van der Waals surface area contributed by atoms with Gasteiger partial charge in [0.2, 0.25) is 15.9 Å². The zero-order valence-corrected chi connectivity index (χ0v) is 15.2. The Hall–Kier alpha value is -1.97. The van der Waals surface area contributed by atoms with E-state index >= 15 is 0 Å². The Labute approximate surface area is 145 Å². The molecule has 0 aliphatic carbocycles. The van der Waals surface area contributed by atoms with Crippen molar-refractivity contribution in [1.29, 1.82) is 0 Å². The van der Waals surface area contributed by atoms with Crippen molar-refractivity contribution in [3.8, 4) is 16.3 Å². The third-order valence-corrected chi connectivity index (χ3v) is 4.92. The average molecular weight is 369 g/mol. The highest BCUT2D eigenvalue weighted by Gasteiger charge is 2.17. The molecule has 0 fully saturated rings. The van der Waals surface area contributed by atoms with Gasteiger partial charge >= 0.3 is 0 Å². The lowest BCUT2D eigenvalue weighted by Gasteiger charge is -2.11. The lowest BCUT2D eigenvalue weighted by atomic mass is 10.2. The lowest BCUT2D eigenvalue weighted by molar-refractivity contribution is -0.122. The number of amides is 1. The number of carbonyl (C=O) groups is 1. The maximum Gasteiger partial charge on any atom is 0.238 e. The van der Waals surface area contributed by atoms with Crippen molar-refractivity contribution in [2.45, 2.75) is 19.5 Å². The summed E-state index contributed by atoms with van der Waals surface area (Å²) in [5.74, 6) is 0.356. The van der Waals surface area contributed by atoms with Crippen molar-refractivity contribution in [3.63, 3.8) is 0 Å². The maximum absolute atomic E-state index is 11.9. The molecule has 0 aliphatic heterocycles. The summed E-state index contributed by atoms with van der Waals surface area (Å²) in [4.78, 5) is 17.1. The van der Waals surface area contributed by atoms with Gasteiger partial charge in [0.25, 0.3) is 0 Å². The van der Waals surface area contributed by atoms with E-state index in [0.717, 1.165) is 27.5 Å². The number of ether oxygens (including phenoxy) is 1. The van der Waals surface area contributed by atoms with Crippen LogP contribution >= 0.6 is 11.3 Å². The molecule has 1 heterocycles. The predicted octanol–water partition coefficient (Wildman–Crippen LogP) is 1.37. The Morgan fingerprint density at radius 3 is 2.83 bits per heavy atom. The van der Waals surface area contributed by atoms with E-state index in [1.807, 2.05) is 24.3 Å². The van der Waals surface area contributed by atoms with Crippen molar-refractivity contribution in [3.05, 3.63) is 35.3 Å². The zero-order chi connectivity index (χ0) is 17.7. The first-order valence-corrected chi connectivity index (χ1v) is 9.83. The van der Waals surface area contributed by atoms with Crippen LogP contribution in [0.25, 0.3) is 10.6 Å². The Morgan fingerprint density at radius 1 is 1.42 bits per heavy atom. The Morgan fingerprint density at radius 2 is 2.17 bits per heavy atom. The first-order valence-electron chi connectivity index (χ1n) is 7.12. The first kappa shape index (κ1) is 18.4. The van der Waals surface area contributed by atoms with Crippen LogP contribution < -0.4 is 14.8 Å². The molecule has 7 nitrogen and oxygen atoms in total. The molecular formula is C15H19N3O4S2. The number of methoxy groups -OCH3 is 1. The van der Waals surface area contributed by atoms with E-state index in [9.17, 15) is 13.2 Å². The molecule has 1 atom stereocenters. The number of thiazole rings is 1. The number of nitrogens with one attached hydrogen (secondary N) is 2. The van der Waals surface area contributed by atoms with Gasteiger partial charge in [-0.3, -0.25) is 4.79 Å². The summed E-state index contributed by atoms with van der Waals surface area (Å²) in [5, 5.41) is 3.51. The number of rotatable bonds is 7. The van der Waals surface area contributed by atoms with E-state index in [1.165, 1.54) is 18.3 Å². The fourth-order valence-corrected chi connectivity index (χ4v) is 3.58. The largest absolute Gasteiger partial charge is 0.497 e. The fraction of sp³-hybridized carbons (Fsp3) is 0.333. The summed E-state index contributed by atoms with van der Waals surface area (Å²) in [6, 6.07) is 6.73. The first-order chi connectivity index (χ1) is 11.3. The van der Waals surface area contributed by atoms with Crippen LogP contribution in [0.5, 0.6) is 5.75 Å². The van der Waals surface area contributed by atoms with Crippen molar-refractivity contribution in [1.82, 2.24) is 15.0 Å². The predicted molar refractivity (Wildman–Crippen MR) is 93.4 cm³/mol. The molecule has 0 aliphatic rings. The van der Waals surface area contributed by atoms with Crippen LogP contribution in [-0.4, -0.2) is 38.7 Å². The summed E-state index contributed by atoms with van der Waals surface area (Å²) < 4.78 is 29.7. The standard InChI is InChI=1S/C15H19N3O4S2/c1-10(18-24(3,20)21)14(19)16-8-13-9-17-15(23-13)11-5-4-6-12(7-11)22-2/h4-7,9-10,18H,8H2,1-3H3,(H,16,19). The van der Waals surface area contributed by atoms with E-state index in [4.69, 9.17) is 4.74 Å². The van der Waals surface area contributed by atoms with Crippen LogP contribution in [0.15, 0.2) is 30.5 Å². The molecule has 9 heteroatoms. The molecule has 1 aromatic carbocycles. The number of hydrogen-bond donors (Lipinski definition) is 2. The highest BCUT2D eigenvalue weighted by molar-refractivity contribution is 7.88. The minimum Gasteiger partial charge on any atom is -0.497 e. The summed E-state index contributed by atoms with van der Waals surface area (Å²) in [6.45, 7) is 1.78. The fourth-order valence-electron chi connectivity index (χ4n) is 1.98. The van der Waals surface area contributed by atoms with Crippen LogP contribution in [0.2, 0.25) is 0 Å². The number of sulfonamides is 1. The number of aromatic nitrogens is 1. The summed E-state index contributed by atoms with van der Waals surface area (Å²) in [7, 11) is -1.82. The average Bonchev–Trinajstić information content (AvgIpc) is 3.00. The van der Waals surface area contributed by atoms with E-state index < -0.39 is 22.0 Å². The molecule has 0 bridgehead atoms. The second-order valence-electron chi connectivity index (χ2n) is 5.19. The van der Waals surface area contributed by atoms with Crippen molar-refractivity contribution in [2.24, 2.45) is 0 Å². The molecule has 0 radical (unpaired) electrons. The van der Waals surface area contributed by atoms with Gasteiger partial charge in [0, 0.05) is 16.6 Å². The molecule has 2 N–H and O–H groups in total. The van der Waals surface area contributed by atoms with Gasteiger partial charge in [0.15, 0.2) is 0 Å². The maximum atomic E-state index is 11.9. The van der Waals surface area contributed by atoms with E-state index in [0.29, 0.717) is 0 Å². The Kier molecular flexibility index (Phi) is 5.92. The molecule has 130 valence electrons. The van der Waals surface area contributed by atoms with Gasteiger partial charge in [-0.25, -0.2) is 18.1 Å². The van der Waals surface area contributed by atoms with E-state index in [2.05, 4.69) is 15.0 Å². The molecule has 24 heavy (non-hydrogen) atoms. The van der Waals surface area contributed by atoms with Gasteiger partial charge in [0.1, 0.15) is 10.8 Å². The Bertz CT molecular complexity index is 818.